The quantitative estimate of drug-likeness (QED) is 0.305. The van der Waals surface area contributed by atoms with E-state index in [-0.39, 0.29) is 18.1 Å². The third-order valence-corrected chi connectivity index (χ3v) is 5.26. The Hall–Kier alpha value is -4.27. The van der Waals surface area contributed by atoms with Crippen LogP contribution in [0.1, 0.15) is 11.1 Å². The zero-order valence-corrected chi connectivity index (χ0v) is 18.0. The second-order valence-electron chi connectivity index (χ2n) is 7.57. The number of carbonyl (C=O) groups excluding carboxylic acids is 2. The van der Waals surface area contributed by atoms with Crippen LogP contribution in [0.2, 0.25) is 0 Å². The molecule has 0 saturated carbocycles. The van der Waals surface area contributed by atoms with Crippen molar-refractivity contribution in [3.05, 3.63) is 84.1 Å². The van der Waals surface area contributed by atoms with Crippen LogP contribution in [0.25, 0.3) is 22.0 Å². The summed E-state index contributed by atoms with van der Waals surface area (Å²) >= 11 is 0. The second-order valence-corrected chi connectivity index (χ2v) is 7.57. The maximum atomic E-state index is 12.7. The van der Waals surface area contributed by atoms with Crippen molar-refractivity contribution in [2.75, 3.05) is 17.7 Å². The summed E-state index contributed by atoms with van der Waals surface area (Å²) in [4.78, 5) is 26.9. The number of rotatable bonds is 5. The number of H-pyrrole nitrogens is 1. The number of aromatic amines is 1. The molecule has 4 rings (SSSR count). The highest BCUT2D eigenvalue weighted by Gasteiger charge is 2.30. The number of urea groups is 1. The van der Waals surface area contributed by atoms with Gasteiger partial charge in [0.1, 0.15) is 0 Å². The monoisotopic (exact) mass is 467 g/mol. The molecule has 1 aromatic heterocycles. The van der Waals surface area contributed by atoms with Gasteiger partial charge >= 0.3 is 18.2 Å². The minimum absolute atomic E-state index is 0.190. The average Bonchev–Trinajstić information content (AvgIpc) is 3.21. The molecule has 0 aliphatic rings. The number of anilines is 2. The van der Waals surface area contributed by atoms with Crippen molar-refractivity contribution >= 4 is 34.3 Å². The van der Waals surface area contributed by atoms with Crippen LogP contribution in [-0.4, -0.2) is 24.1 Å². The van der Waals surface area contributed by atoms with Gasteiger partial charge in [-0.15, -0.1) is 0 Å². The average molecular weight is 467 g/mol. The van der Waals surface area contributed by atoms with E-state index < -0.39 is 17.8 Å². The first kappa shape index (κ1) is 22.9. The number of methoxy groups -OCH3 is 1. The van der Waals surface area contributed by atoms with E-state index in [1.807, 2.05) is 42.5 Å². The Morgan fingerprint density at radius 3 is 2.24 bits per heavy atom. The predicted molar refractivity (Wildman–Crippen MR) is 124 cm³/mol. The van der Waals surface area contributed by atoms with Crippen LogP contribution in [0.15, 0.2) is 72.9 Å². The van der Waals surface area contributed by atoms with Gasteiger partial charge < -0.3 is 20.4 Å². The zero-order valence-electron chi connectivity index (χ0n) is 18.0. The number of benzene rings is 3. The van der Waals surface area contributed by atoms with Gasteiger partial charge in [0.25, 0.3) is 0 Å². The molecule has 1 heterocycles. The van der Waals surface area contributed by atoms with Crippen LogP contribution in [0.4, 0.5) is 29.3 Å². The largest absolute Gasteiger partial charge is 0.469 e. The summed E-state index contributed by atoms with van der Waals surface area (Å²) in [5.74, 6) is -0.313. The van der Waals surface area contributed by atoms with Gasteiger partial charge in [0.05, 0.1) is 24.8 Å². The van der Waals surface area contributed by atoms with E-state index in [0.29, 0.717) is 5.69 Å². The Morgan fingerprint density at radius 1 is 0.912 bits per heavy atom. The third kappa shape index (κ3) is 5.20. The van der Waals surface area contributed by atoms with Crippen molar-refractivity contribution in [3.63, 3.8) is 0 Å². The number of hydrogen-bond donors (Lipinski definition) is 3. The summed E-state index contributed by atoms with van der Waals surface area (Å²) in [5, 5.41) is 6.01. The highest BCUT2D eigenvalue weighted by molar-refractivity contribution is 6.06. The summed E-state index contributed by atoms with van der Waals surface area (Å²) in [6.45, 7) is 0. The highest BCUT2D eigenvalue weighted by Crippen LogP contribution is 2.31. The van der Waals surface area contributed by atoms with Crippen LogP contribution in [-0.2, 0) is 22.1 Å². The molecule has 2 amide bonds. The van der Waals surface area contributed by atoms with E-state index in [4.69, 9.17) is 0 Å². The zero-order chi connectivity index (χ0) is 24.3. The summed E-state index contributed by atoms with van der Waals surface area (Å²) in [6.07, 6.45) is -2.61. The summed E-state index contributed by atoms with van der Waals surface area (Å²) in [6, 6.07) is 16.8. The Balaban J connectivity index is 1.49. The van der Waals surface area contributed by atoms with Crippen LogP contribution in [0.5, 0.6) is 0 Å². The molecular formula is C25H20F3N3O3. The Labute approximate surface area is 192 Å². The molecule has 0 unspecified atom stereocenters. The van der Waals surface area contributed by atoms with Gasteiger partial charge in [-0.3, -0.25) is 4.79 Å². The minimum atomic E-state index is -4.44. The first-order valence-corrected chi connectivity index (χ1v) is 10.3. The lowest BCUT2D eigenvalue weighted by Gasteiger charge is -2.10. The van der Waals surface area contributed by atoms with E-state index in [0.717, 1.165) is 39.7 Å². The SMILES string of the molecule is COC(=O)Cc1ccc(-c2ccc3[nH]cc(NC(=O)Nc4ccc(C(F)(F)F)cc4)c3c2)cc1. The Bertz CT molecular complexity index is 1330. The van der Waals surface area contributed by atoms with Gasteiger partial charge in [-0.25, -0.2) is 4.79 Å². The molecule has 0 radical (unpaired) electrons. The molecule has 0 aliphatic carbocycles. The molecule has 3 aromatic carbocycles. The number of aromatic nitrogens is 1. The normalized spacial score (nSPS) is 11.3. The third-order valence-electron chi connectivity index (χ3n) is 5.26. The van der Waals surface area contributed by atoms with Crippen LogP contribution in [0, 0.1) is 0 Å². The molecule has 34 heavy (non-hydrogen) atoms. The van der Waals surface area contributed by atoms with Gasteiger partial charge in [-0.1, -0.05) is 30.3 Å². The van der Waals surface area contributed by atoms with Gasteiger partial charge in [-0.2, -0.15) is 13.2 Å². The van der Waals surface area contributed by atoms with Gasteiger partial charge in [0, 0.05) is 22.8 Å². The van der Waals surface area contributed by atoms with E-state index in [1.54, 1.807) is 6.20 Å². The number of fused-ring (bicyclic) bond motifs is 1. The number of nitrogens with one attached hydrogen (secondary N) is 3. The lowest BCUT2D eigenvalue weighted by Crippen LogP contribution is -2.19. The van der Waals surface area contributed by atoms with E-state index in [9.17, 15) is 22.8 Å². The van der Waals surface area contributed by atoms with Crippen molar-refractivity contribution in [3.8, 4) is 11.1 Å². The number of alkyl halides is 3. The molecule has 0 spiro atoms. The lowest BCUT2D eigenvalue weighted by molar-refractivity contribution is -0.140. The topological polar surface area (TPSA) is 83.2 Å². The number of ether oxygens (including phenoxy) is 1. The standard InChI is InChI=1S/C25H20F3N3O3/c1-34-23(32)12-15-2-4-16(5-3-15)17-6-11-21-20(13-17)22(14-29-21)31-24(33)30-19-9-7-18(8-10-19)25(26,27)28/h2-11,13-14,29H,12H2,1H3,(H2,30,31,33). The maximum absolute atomic E-state index is 12.7. The van der Waals surface area contributed by atoms with Crippen LogP contribution >= 0.6 is 0 Å². The molecule has 0 saturated heterocycles. The minimum Gasteiger partial charge on any atom is -0.469 e. The molecule has 0 aliphatic heterocycles. The van der Waals surface area contributed by atoms with Crippen molar-refractivity contribution in [1.82, 2.24) is 4.98 Å². The molecule has 3 N–H and O–H groups in total. The van der Waals surface area contributed by atoms with E-state index >= 15 is 0 Å². The molecule has 9 heteroatoms. The number of amides is 2. The summed E-state index contributed by atoms with van der Waals surface area (Å²) in [7, 11) is 1.35. The molecule has 0 bridgehead atoms. The van der Waals surface area contributed by atoms with Gasteiger partial charge in [0.2, 0.25) is 0 Å². The van der Waals surface area contributed by atoms with Crippen LogP contribution in [0.3, 0.4) is 0 Å². The van der Waals surface area contributed by atoms with Crippen molar-refractivity contribution in [2.24, 2.45) is 0 Å². The van der Waals surface area contributed by atoms with Gasteiger partial charge in [0.15, 0.2) is 0 Å². The molecule has 174 valence electrons. The molecule has 0 fully saturated rings. The molecule has 4 aromatic rings. The smallest absolute Gasteiger partial charge is 0.416 e. The van der Waals surface area contributed by atoms with Crippen molar-refractivity contribution < 1.29 is 27.5 Å². The number of carbonyl (C=O) groups is 2. The Morgan fingerprint density at radius 2 is 1.59 bits per heavy atom. The summed E-state index contributed by atoms with van der Waals surface area (Å²) < 4.78 is 42.8. The van der Waals surface area contributed by atoms with E-state index in [1.165, 1.54) is 19.2 Å². The molecule has 6 nitrogen and oxygen atoms in total. The van der Waals surface area contributed by atoms with Crippen molar-refractivity contribution in [2.45, 2.75) is 12.6 Å². The highest BCUT2D eigenvalue weighted by atomic mass is 19.4. The van der Waals surface area contributed by atoms with Crippen LogP contribution < -0.4 is 10.6 Å². The predicted octanol–water partition coefficient (Wildman–Crippen LogP) is 6.21. The fourth-order valence-electron chi connectivity index (χ4n) is 3.48. The van der Waals surface area contributed by atoms with Crippen molar-refractivity contribution in [1.29, 1.82) is 0 Å². The first-order chi connectivity index (χ1) is 16.2. The Kier molecular flexibility index (Phi) is 6.27. The fraction of sp³-hybridized carbons (Fsp3) is 0.120. The first-order valence-electron chi connectivity index (χ1n) is 10.3. The molecule has 0 atom stereocenters. The lowest BCUT2D eigenvalue weighted by atomic mass is 10.0. The molecular weight excluding hydrogens is 447 g/mol. The number of hydrogen-bond acceptors (Lipinski definition) is 3. The number of esters is 1. The number of halogens is 3. The fourth-order valence-corrected chi connectivity index (χ4v) is 3.48. The maximum Gasteiger partial charge on any atom is 0.416 e. The van der Waals surface area contributed by atoms with Gasteiger partial charge in [-0.05, 0) is 53.1 Å². The second kappa shape index (κ2) is 9.30. The van der Waals surface area contributed by atoms with E-state index in [2.05, 4.69) is 20.4 Å². The summed E-state index contributed by atoms with van der Waals surface area (Å²) in [5.41, 5.74) is 3.43.